The number of amides is 1. The smallest absolute Gasteiger partial charge is 0.407 e. The van der Waals surface area contributed by atoms with E-state index in [-0.39, 0.29) is 6.04 Å². The fourth-order valence-corrected chi connectivity index (χ4v) is 2.78. The number of nitrogens with zero attached hydrogens (tertiary/aromatic N) is 3. The minimum atomic E-state index is -0.957. The Kier molecular flexibility index (Phi) is 4.93. The summed E-state index contributed by atoms with van der Waals surface area (Å²) in [6, 6.07) is 9.53. The second-order valence-electron chi connectivity index (χ2n) is 5.63. The van der Waals surface area contributed by atoms with E-state index in [9.17, 15) is 9.90 Å². The third-order valence-electron chi connectivity index (χ3n) is 3.98. The number of hydrogen-bond donors (Lipinski definition) is 2. The molecule has 1 amide bonds. The van der Waals surface area contributed by atoms with Crippen molar-refractivity contribution >= 4 is 6.09 Å². The Morgan fingerprint density at radius 1 is 1.46 bits per heavy atom. The molecule has 1 unspecified atom stereocenters. The Morgan fingerprint density at radius 2 is 2.25 bits per heavy atom. The quantitative estimate of drug-likeness (QED) is 0.628. The molecular formula is C17H20N4O3. The fourth-order valence-electron chi connectivity index (χ4n) is 2.78. The van der Waals surface area contributed by atoms with Crippen molar-refractivity contribution in [1.29, 1.82) is 0 Å². The lowest BCUT2D eigenvalue weighted by molar-refractivity contribution is -0.00854. The lowest BCUT2D eigenvalue weighted by atomic mass is 10.0. The zero-order chi connectivity index (χ0) is 16.9. The van der Waals surface area contributed by atoms with Crippen LogP contribution in [0.4, 0.5) is 4.79 Å². The molecule has 2 heterocycles. The lowest BCUT2D eigenvalue weighted by Gasteiger charge is -2.31. The molecule has 0 saturated heterocycles. The highest BCUT2D eigenvalue weighted by Crippen LogP contribution is 2.26. The van der Waals surface area contributed by atoms with Gasteiger partial charge in [0.05, 0.1) is 37.6 Å². The topological polar surface area (TPSA) is 79.6 Å². The first-order chi connectivity index (χ1) is 11.7. The normalized spacial score (nSPS) is 16.7. The Morgan fingerprint density at radius 3 is 2.96 bits per heavy atom. The van der Waals surface area contributed by atoms with Crippen LogP contribution in [0.25, 0.3) is 0 Å². The van der Waals surface area contributed by atoms with Crippen LogP contribution in [0.15, 0.2) is 49.2 Å². The first-order valence-corrected chi connectivity index (χ1v) is 7.73. The molecule has 0 aliphatic carbocycles. The molecule has 126 valence electrons. The number of rotatable bonds is 6. The molecular weight excluding hydrogens is 308 g/mol. The first-order valence-electron chi connectivity index (χ1n) is 7.73. The van der Waals surface area contributed by atoms with Crippen molar-refractivity contribution in [3.05, 3.63) is 66.0 Å². The number of aromatic nitrogens is 2. The zero-order valence-corrected chi connectivity index (χ0v) is 13.3. The first kappa shape index (κ1) is 16.2. The number of carboxylic acid groups (broad SMARTS) is 1. The van der Waals surface area contributed by atoms with E-state index in [1.54, 1.807) is 17.0 Å². The zero-order valence-electron chi connectivity index (χ0n) is 13.3. The maximum Gasteiger partial charge on any atom is 0.407 e. The van der Waals surface area contributed by atoms with Crippen molar-refractivity contribution < 1.29 is 14.7 Å². The largest absolute Gasteiger partial charge is 0.465 e. The molecule has 0 radical (unpaired) electrons. The molecule has 1 aromatic heterocycles. The third-order valence-corrected chi connectivity index (χ3v) is 3.98. The highest BCUT2D eigenvalue weighted by atomic mass is 16.6. The molecule has 0 bridgehead atoms. The van der Waals surface area contributed by atoms with Gasteiger partial charge in [-0.15, -0.1) is 6.58 Å². The summed E-state index contributed by atoms with van der Waals surface area (Å²) in [6.07, 6.45) is 2.55. The molecule has 1 aliphatic heterocycles. The molecule has 0 saturated carbocycles. The molecule has 7 nitrogen and oxygen atoms in total. The van der Waals surface area contributed by atoms with Gasteiger partial charge in [0.25, 0.3) is 0 Å². The van der Waals surface area contributed by atoms with Gasteiger partial charge in [0.2, 0.25) is 0 Å². The fraction of sp³-hybridized carbons (Fsp3) is 0.294. The Labute approximate surface area is 140 Å². The maximum atomic E-state index is 11.4. The van der Waals surface area contributed by atoms with Gasteiger partial charge in [-0.1, -0.05) is 36.4 Å². The number of benzene rings is 1. The van der Waals surface area contributed by atoms with Gasteiger partial charge < -0.3 is 10.0 Å². The van der Waals surface area contributed by atoms with Gasteiger partial charge in [-0.3, -0.25) is 9.52 Å². The summed E-state index contributed by atoms with van der Waals surface area (Å²) in [5.74, 6) is 0. The summed E-state index contributed by atoms with van der Waals surface area (Å²) < 4.78 is 1.77. The van der Waals surface area contributed by atoms with E-state index in [1.807, 2.05) is 30.3 Å². The van der Waals surface area contributed by atoms with Gasteiger partial charge in [0.1, 0.15) is 0 Å². The van der Waals surface area contributed by atoms with Crippen LogP contribution in [0.5, 0.6) is 0 Å². The van der Waals surface area contributed by atoms with E-state index in [0.29, 0.717) is 26.2 Å². The van der Waals surface area contributed by atoms with Crippen molar-refractivity contribution in [2.24, 2.45) is 0 Å². The molecule has 7 heteroatoms. The average molecular weight is 328 g/mol. The average Bonchev–Trinajstić information content (AvgIpc) is 2.99. The second-order valence-corrected chi connectivity index (χ2v) is 5.63. The van der Waals surface area contributed by atoms with Gasteiger partial charge in [-0.2, -0.15) is 10.6 Å². The minimum absolute atomic E-state index is 0.257. The van der Waals surface area contributed by atoms with Crippen LogP contribution >= 0.6 is 0 Å². The van der Waals surface area contributed by atoms with Gasteiger partial charge in [0, 0.05) is 12.1 Å². The lowest BCUT2D eigenvalue weighted by Crippen LogP contribution is -2.42. The predicted octanol–water partition coefficient (Wildman–Crippen LogP) is 2.33. The number of hydrogen-bond acceptors (Lipinski definition) is 4. The van der Waals surface area contributed by atoms with Crippen LogP contribution in [0.1, 0.15) is 22.9 Å². The summed E-state index contributed by atoms with van der Waals surface area (Å²) in [5, 5.41) is 13.7. The summed E-state index contributed by atoms with van der Waals surface area (Å²) in [7, 11) is 0. The summed E-state index contributed by atoms with van der Waals surface area (Å²) in [6.45, 7) is 5.29. The van der Waals surface area contributed by atoms with Gasteiger partial charge in [-0.25, -0.2) is 4.79 Å². The SMILES string of the molecule is C=CCn1ncc2c1CN(C(=O)O)CC2NOCc1ccccc1. The van der Waals surface area contributed by atoms with Crippen molar-refractivity contribution in [3.8, 4) is 0 Å². The van der Waals surface area contributed by atoms with Crippen LogP contribution < -0.4 is 5.48 Å². The third kappa shape index (κ3) is 3.47. The van der Waals surface area contributed by atoms with Gasteiger partial charge in [-0.05, 0) is 5.56 Å². The van der Waals surface area contributed by atoms with E-state index >= 15 is 0 Å². The standard InChI is InChI=1S/C17H20N4O3/c1-2-8-21-16-11-20(17(22)23)10-15(14(16)9-18-21)19-24-12-13-6-4-3-5-7-13/h2-7,9,15,19H,1,8,10-12H2,(H,22,23). The molecule has 2 aromatic rings. The van der Waals surface area contributed by atoms with E-state index < -0.39 is 6.09 Å². The Bertz CT molecular complexity index is 714. The van der Waals surface area contributed by atoms with Gasteiger partial charge in [0.15, 0.2) is 0 Å². The highest BCUT2D eigenvalue weighted by molar-refractivity contribution is 5.65. The van der Waals surface area contributed by atoms with Crippen molar-refractivity contribution in [2.45, 2.75) is 25.7 Å². The number of hydroxylamine groups is 1. The summed E-state index contributed by atoms with van der Waals surface area (Å²) in [4.78, 5) is 18.3. The molecule has 0 fully saturated rings. The minimum Gasteiger partial charge on any atom is -0.465 e. The van der Waals surface area contributed by atoms with Crippen molar-refractivity contribution in [2.75, 3.05) is 6.54 Å². The monoisotopic (exact) mass is 328 g/mol. The van der Waals surface area contributed by atoms with Crippen LogP contribution in [-0.2, 0) is 24.5 Å². The Balaban J connectivity index is 1.72. The van der Waals surface area contributed by atoms with Crippen molar-refractivity contribution in [1.82, 2.24) is 20.2 Å². The summed E-state index contributed by atoms with van der Waals surface area (Å²) in [5.41, 5.74) is 5.85. The predicted molar refractivity (Wildman–Crippen MR) is 88.0 cm³/mol. The number of nitrogens with one attached hydrogen (secondary N) is 1. The Hall–Kier alpha value is -2.64. The van der Waals surface area contributed by atoms with Gasteiger partial charge >= 0.3 is 6.09 Å². The number of carbonyl (C=O) groups is 1. The van der Waals surface area contributed by atoms with Crippen LogP contribution in [0.2, 0.25) is 0 Å². The van der Waals surface area contributed by atoms with Crippen LogP contribution in [0.3, 0.4) is 0 Å². The molecule has 1 aromatic carbocycles. The van der Waals surface area contributed by atoms with Crippen LogP contribution in [-0.4, -0.2) is 32.4 Å². The highest BCUT2D eigenvalue weighted by Gasteiger charge is 2.31. The van der Waals surface area contributed by atoms with Crippen molar-refractivity contribution in [3.63, 3.8) is 0 Å². The maximum absolute atomic E-state index is 11.4. The molecule has 1 atom stereocenters. The molecule has 1 aliphatic rings. The second kappa shape index (κ2) is 7.29. The van der Waals surface area contributed by atoms with E-state index in [2.05, 4.69) is 17.2 Å². The van der Waals surface area contributed by atoms with E-state index in [1.165, 1.54) is 4.90 Å². The molecule has 2 N–H and O–H groups in total. The van der Waals surface area contributed by atoms with E-state index in [4.69, 9.17) is 4.84 Å². The number of allylic oxidation sites excluding steroid dienone is 1. The molecule has 3 rings (SSSR count). The van der Waals surface area contributed by atoms with E-state index in [0.717, 1.165) is 16.8 Å². The molecule has 0 spiro atoms. The summed E-state index contributed by atoms with van der Waals surface area (Å²) >= 11 is 0. The number of fused-ring (bicyclic) bond motifs is 1. The molecule has 24 heavy (non-hydrogen) atoms. The van der Waals surface area contributed by atoms with Crippen LogP contribution in [0, 0.1) is 0 Å².